The molecule has 1 unspecified atom stereocenters. The predicted molar refractivity (Wildman–Crippen MR) is 118 cm³/mol. The van der Waals surface area contributed by atoms with Gasteiger partial charge in [0.2, 0.25) is 0 Å². The van der Waals surface area contributed by atoms with E-state index in [1.54, 1.807) is 61.7 Å². The summed E-state index contributed by atoms with van der Waals surface area (Å²) in [7, 11) is 1.56. The maximum atomic E-state index is 12.9. The Hall–Kier alpha value is -3.97. The van der Waals surface area contributed by atoms with Gasteiger partial charge in [0.1, 0.15) is 12.1 Å². The van der Waals surface area contributed by atoms with Gasteiger partial charge in [-0.15, -0.1) is 0 Å². The Morgan fingerprint density at radius 2 is 1.90 bits per heavy atom. The van der Waals surface area contributed by atoms with E-state index in [0.717, 1.165) is 5.56 Å². The van der Waals surface area contributed by atoms with Crippen molar-refractivity contribution in [2.45, 2.75) is 6.10 Å². The second-order valence-electron chi connectivity index (χ2n) is 6.99. The molecule has 31 heavy (non-hydrogen) atoms. The third kappa shape index (κ3) is 4.31. The van der Waals surface area contributed by atoms with Gasteiger partial charge in [-0.25, -0.2) is 4.98 Å². The van der Waals surface area contributed by atoms with Gasteiger partial charge in [0, 0.05) is 18.2 Å². The summed E-state index contributed by atoms with van der Waals surface area (Å²) in [5, 5.41) is 13.3. The first-order valence-corrected chi connectivity index (χ1v) is 9.74. The monoisotopic (exact) mass is 415 g/mol. The van der Waals surface area contributed by atoms with Crippen LogP contribution < -0.4 is 15.6 Å². The quantitative estimate of drug-likeness (QED) is 0.505. The first-order valence-electron chi connectivity index (χ1n) is 9.74. The molecule has 0 radical (unpaired) electrons. The third-order valence-corrected chi connectivity index (χ3v) is 4.99. The number of aliphatic hydroxyl groups excluding tert-OH is 1. The average Bonchev–Trinajstić information content (AvgIpc) is 2.83. The van der Waals surface area contributed by atoms with Gasteiger partial charge in [0.25, 0.3) is 11.5 Å². The number of ether oxygens (including phenoxy) is 1. The molecular weight excluding hydrogens is 394 g/mol. The lowest BCUT2D eigenvalue weighted by Crippen LogP contribution is -2.28. The van der Waals surface area contributed by atoms with E-state index in [1.165, 1.54) is 10.9 Å². The standard InChI is InChI=1S/C24H21N3O4/c1-31-19-9-5-8-18(13-19)27-15-26-21-12-17(10-11-20(21)24(27)30)23(29)25-14-22(28)16-6-3-2-4-7-16/h2-13,15,22,28H,14H2,1H3,(H,25,29). The van der Waals surface area contributed by atoms with Crippen LogP contribution in [-0.2, 0) is 0 Å². The maximum absolute atomic E-state index is 12.9. The van der Waals surface area contributed by atoms with Gasteiger partial charge in [-0.2, -0.15) is 0 Å². The highest BCUT2D eigenvalue weighted by Gasteiger charge is 2.13. The lowest BCUT2D eigenvalue weighted by Gasteiger charge is -2.12. The SMILES string of the molecule is COc1cccc(-n2cnc3cc(C(=O)NCC(O)c4ccccc4)ccc3c2=O)c1. The molecule has 1 heterocycles. The second-order valence-corrected chi connectivity index (χ2v) is 6.99. The molecule has 0 saturated carbocycles. The number of amides is 1. The van der Waals surface area contributed by atoms with Crippen LogP contribution in [0.25, 0.3) is 16.6 Å². The Morgan fingerprint density at radius 3 is 2.68 bits per heavy atom. The summed E-state index contributed by atoms with van der Waals surface area (Å²) in [5.74, 6) is 0.282. The molecule has 156 valence electrons. The van der Waals surface area contributed by atoms with Crippen LogP contribution in [0.5, 0.6) is 5.75 Å². The molecule has 2 N–H and O–H groups in total. The Morgan fingerprint density at radius 1 is 1.10 bits per heavy atom. The van der Waals surface area contributed by atoms with Crippen molar-refractivity contribution in [3.8, 4) is 11.4 Å². The Kier molecular flexibility index (Phi) is 5.77. The minimum absolute atomic E-state index is 0.0751. The number of nitrogens with zero attached hydrogens (tertiary/aromatic N) is 2. The van der Waals surface area contributed by atoms with Crippen molar-refractivity contribution in [1.29, 1.82) is 0 Å². The number of fused-ring (bicyclic) bond motifs is 1. The van der Waals surface area contributed by atoms with Crippen molar-refractivity contribution >= 4 is 16.8 Å². The summed E-state index contributed by atoms with van der Waals surface area (Å²) in [6.07, 6.45) is 0.624. The van der Waals surface area contributed by atoms with Crippen LogP contribution >= 0.6 is 0 Å². The van der Waals surface area contributed by atoms with E-state index in [0.29, 0.717) is 27.9 Å². The molecule has 0 aliphatic heterocycles. The summed E-state index contributed by atoms with van der Waals surface area (Å²) in [6.45, 7) is 0.0751. The largest absolute Gasteiger partial charge is 0.497 e. The number of nitrogens with one attached hydrogen (secondary N) is 1. The molecule has 1 amide bonds. The molecule has 0 aliphatic rings. The number of rotatable bonds is 6. The number of hydrogen-bond acceptors (Lipinski definition) is 5. The molecule has 4 rings (SSSR count). The molecule has 1 aromatic heterocycles. The van der Waals surface area contributed by atoms with Crippen molar-refractivity contribution < 1.29 is 14.6 Å². The maximum Gasteiger partial charge on any atom is 0.265 e. The highest BCUT2D eigenvalue weighted by atomic mass is 16.5. The van der Waals surface area contributed by atoms with Gasteiger partial charge >= 0.3 is 0 Å². The number of hydrogen-bond donors (Lipinski definition) is 2. The molecule has 7 heteroatoms. The van der Waals surface area contributed by atoms with Gasteiger partial charge < -0.3 is 15.2 Å². The molecule has 0 bridgehead atoms. The van der Waals surface area contributed by atoms with Gasteiger partial charge in [-0.05, 0) is 35.9 Å². The molecule has 0 fully saturated rings. The topological polar surface area (TPSA) is 93.5 Å². The van der Waals surface area contributed by atoms with E-state index in [1.807, 2.05) is 18.2 Å². The number of carbonyl (C=O) groups is 1. The van der Waals surface area contributed by atoms with Crippen LogP contribution in [-0.4, -0.2) is 34.2 Å². The summed E-state index contributed by atoms with van der Waals surface area (Å²) >= 11 is 0. The normalized spacial score (nSPS) is 11.8. The van der Waals surface area contributed by atoms with Crippen molar-refractivity contribution in [3.63, 3.8) is 0 Å². The van der Waals surface area contributed by atoms with Crippen LogP contribution in [0.2, 0.25) is 0 Å². The molecule has 0 aliphatic carbocycles. The highest BCUT2D eigenvalue weighted by Crippen LogP contribution is 2.17. The van der Waals surface area contributed by atoms with Crippen LogP contribution in [0.1, 0.15) is 22.0 Å². The number of carbonyl (C=O) groups excluding carboxylic acids is 1. The van der Waals surface area contributed by atoms with Crippen molar-refractivity contribution in [2.75, 3.05) is 13.7 Å². The molecule has 3 aromatic carbocycles. The second kappa shape index (κ2) is 8.81. The third-order valence-electron chi connectivity index (χ3n) is 4.99. The van der Waals surface area contributed by atoms with Crippen molar-refractivity contribution in [1.82, 2.24) is 14.9 Å². The molecular formula is C24H21N3O4. The zero-order chi connectivity index (χ0) is 21.8. The van der Waals surface area contributed by atoms with Gasteiger partial charge in [0.05, 0.1) is 29.8 Å². The fourth-order valence-electron chi connectivity index (χ4n) is 3.29. The Labute approximate surface area is 178 Å². The van der Waals surface area contributed by atoms with Gasteiger partial charge in [-0.3, -0.25) is 14.2 Å². The smallest absolute Gasteiger partial charge is 0.265 e. The minimum Gasteiger partial charge on any atom is -0.497 e. The van der Waals surface area contributed by atoms with E-state index >= 15 is 0 Å². The average molecular weight is 415 g/mol. The lowest BCUT2D eigenvalue weighted by molar-refractivity contribution is 0.0916. The summed E-state index contributed by atoms with van der Waals surface area (Å²) in [6, 6.07) is 21.0. The zero-order valence-corrected chi connectivity index (χ0v) is 16.9. The summed E-state index contributed by atoms with van der Waals surface area (Å²) in [5.41, 5.74) is 1.89. The van der Waals surface area contributed by atoms with E-state index in [2.05, 4.69) is 10.3 Å². The van der Waals surface area contributed by atoms with Crippen LogP contribution in [0, 0.1) is 0 Å². The van der Waals surface area contributed by atoms with Crippen molar-refractivity contribution in [2.24, 2.45) is 0 Å². The molecule has 7 nitrogen and oxygen atoms in total. The van der Waals surface area contributed by atoms with Crippen molar-refractivity contribution in [3.05, 3.63) is 101 Å². The fourth-order valence-corrected chi connectivity index (χ4v) is 3.29. The zero-order valence-electron chi connectivity index (χ0n) is 16.9. The lowest BCUT2D eigenvalue weighted by atomic mass is 10.1. The molecule has 0 saturated heterocycles. The van der Waals surface area contributed by atoms with Crippen LogP contribution in [0.4, 0.5) is 0 Å². The number of benzene rings is 3. The first kappa shape index (κ1) is 20.3. The van der Waals surface area contributed by atoms with Crippen LogP contribution in [0.15, 0.2) is 83.9 Å². The van der Waals surface area contributed by atoms with E-state index in [-0.39, 0.29) is 18.0 Å². The number of aromatic nitrogens is 2. The Balaban J connectivity index is 1.55. The summed E-state index contributed by atoms with van der Waals surface area (Å²) in [4.78, 5) is 29.8. The van der Waals surface area contributed by atoms with Gasteiger partial charge in [-0.1, -0.05) is 36.4 Å². The van der Waals surface area contributed by atoms with Crippen LogP contribution in [0.3, 0.4) is 0 Å². The fraction of sp³-hybridized carbons (Fsp3) is 0.125. The Bertz CT molecular complexity index is 1290. The summed E-state index contributed by atoms with van der Waals surface area (Å²) < 4.78 is 6.65. The predicted octanol–water partition coefficient (Wildman–Crippen LogP) is 2.86. The van der Waals surface area contributed by atoms with E-state index in [4.69, 9.17) is 4.74 Å². The molecule has 4 aromatic rings. The highest BCUT2D eigenvalue weighted by molar-refractivity contribution is 5.97. The van der Waals surface area contributed by atoms with E-state index in [9.17, 15) is 14.7 Å². The molecule has 0 spiro atoms. The number of methoxy groups -OCH3 is 1. The first-order chi connectivity index (χ1) is 15.1. The number of aliphatic hydroxyl groups is 1. The molecule has 1 atom stereocenters. The minimum atomic E-state index is -0.807. The van der Waals surface area contributed by atoms with Gasteiger partial charge in [0.15, 0.2) is 0 Å². The van der Waals surface area contributed by atoms with E-state index < -0.39 is 6.10 Å².